The number of hydrogen-bond acceptors (Lipinski definition) is 4. The number of rotatable bonds is 1. The van der Waals surface area contributed by atoms with Crippen molar-refractivity contribution in [2.45, 2.75) is 25.3 Å². The summed E-state index contributed by atoms with van der Waals surface area (Å²) in [5, 5.41) is 13.7. The standard InChI is InChI=1S/C12H14N4O/c13-12-14-11-5-4-9(7-16(11)15-12)8-2-1-3-10(17)6-8/h1-3,6,9,17H,4-5,7H2,(H2,13,15). The monoisotopic (exact) mass is 230 g/mol. The molecule has 1 unspecified atom stereocenters. The Morgan fingerprint density at radius 3 is 3.12 bits per heavy atom. The van der Waals surface area contributed by atoms with E-state index in [0.29, 0.717) is 17.6 Å². The third-order valence-electron chi connectivity index (χ3n) is 3.22. The highest BCUT2D eigenvalue weighted by molar-refractivity contribution is 5.30. The summed E-state index contributed by atoms with van der Waals surface area (Å²) in [6, 6.07) is 7.41. The SMILES string of the molecule is Nc1nc2n(n1)CC(c1cccc(O)c1)CC2. The van der Waals surface area contributed by atoms with Gasteiger partial charge in [-0.25, -0.2) is 4.68 Å². The van der Waals surface area contributed by atoms with Gasteiger partial charge in [-0.2, -0.15) is 4.98 Å². The lowest BCUT2D eigenvalue weighted by Gasteiger charge is -2.22. The molecule has 3 rings (SSSR count). The van der Waals surface area contributed by atoms with E-state index in [-0.39, 0.29) is 0 Å². The van der Waals surface area contributed by atoms with Gasteiger partial charge in [0.15, 0.2) is 0 Å². The summed E-state index contributed by atoms with van der Waals surface area (Å²) in [5.74, 6) is 1.98. The molecule has 17 heavy (non-hydrogen) atoms. The molecule has 0 radical (unpaired) electrons. The van der Waals surface area contributed by atoms with Crippen LogP contribution in [0, 0.1) is 0 Å². The normalized spacial score (nSPS) is 18.9. The highest BCUT2D eigenvalue weighted by Gasteiger charge is 2.22. The van der Waals surface area contributed by atoms with Gasteiger partial charge >= 0.3 is 0 Å². The van der Waals surface area contributed by atoms with Crippen LogP contribution in [0.15, 0.2) is 24.3 Å². The molecule has 1 atom stereocenters. The maximum Gasteiger partial charge on any atom is 0.239 e. The van der Waals surface area contributed by atoms with Crippen molar-refractivity contribution < 1.29 is 5.11 Å². The van der Waals surface area contributed by atoms with Gasteiger partial charge in [0.2, 0.25) is 5.95 Å². The van der Waals surface area contributed by atoms with Gasteiger partial charge < -0.3 is 10.8 Å². The molecular weight excluding hydrogens is 216 g/mol. The number of phenolic OH excluding ortho intramolecular Hbond substituents is 1. The molecule has 0 spiro atoms. The number of phenols is 1. The lowest BCUT2D eigenvalue weighted by molar-refractivity contribution is 0.420. The van der Waals surface area contributed by atoms with Crippen LogP contribution >= 0.6 is 0 Å². The number of benzene rings is 1. The molecule has 1 aromatic heterocycles. The van der Waals surface area contributed by atoms with Gasteiger partial charge in [0.25, 0.3) is 0 Å². The summed E-state index contributed by atoms with van der Waals surface area (Å²) < 4.78 is 1.87. The molecule has 0 saturated heterocycles. The lowest BCUT2D eigenvalue weighted by Crippen LogP contribution is -2.19. The Balaban J connectivity index is 1.88. The Kier molecular flexibility index (Phi) is 2.24. The molecule has 0 fully saturated rings. The average molecular weight is 230 g/mol. The summed E-state index contributed by atoms with van der Waals surface area (Å²) in [7, 11) is 0. The summed E-state index contributed by atoms with van der Waals surface area (Å²) in [6.45, 7) is 0.781. The second kappa shape index (κ2) is 3.76. The lowest BCUT2D eigenvalue weighted by atomic mass is 9.92. The molecule has 88 valence electrons. The number of nitrogens with zero attached hydrogens (tertiary/aromatic N) is 3. The van der Waals surface area contributed by atoms with Crippen LogP contribution in [0.5, 0.6) is 5.75 Å². The average Bonchev–Trinajstić information content (AvgIpc) is 2.68. The van der Waals surface area contributed by atoms with Crippen molar-refractivity contribution in [1.29, 1.82) is 0 Å². The van der Waals surface area contributed by atoms with Crippen molar-refractivity contribution in [2.24, 2.45) is 0 Å². The Morgan fingerprint density at radius 1 is 1.41 bits per heavy atom. The van der Waals surface area contributed by atoms with Gasteiger partial charge in [0.05, 0.1) is 0 Å². The van der Waals surface area contributed by atoms with E-state index in [1.54, 1.807) is 6.07 Å². The van der Waals surface area contributed by atoms with E-state index in [1.165, 1.54) is 0 Å². The molecule has 1 aromatic carbocycles. The van der Waals surface area contributed by atoms with E-state index < -0.39 is 0 Å². The van der Waals surface area contributed by atoms with Crippen molar-refractivity contribution in [3.05, 3.63) is 35.7 Å². The van der Waals surface area contributed by atoms with Gasteiger partial charge in [0, 0.05) is 18.9 Å². The minimum absolute atomic E-state index is 0.311. The van der Waals surface area contributed by atoms with E-state index in [4.69, 9.17) is 5.73 Å². The maximum atomic E-state index is 9.49. The first kappa shape index (κ1) is 10.1. The summed E-state index contributed by atoms with van der Waals surface area (Å²) in [4.78, 5) is 4.18. The van der Waals surface area contributed by atoms with Crippen LogP contribution in [0.3, 0.4) is 0 Å². The van der Waals surface area contributed by atoms with Crippen molar-refractivity contribution >= 4 is 5.95 Å². The van der Waals surface area contributed by atoms with E-state index in [2.05, 4.69) is 10.1 Å². The first-order chi connectivity index (χ1) is 8.22. The zero-order valence-corrected chi connectivity index (χ0v) is 9.37. The third-order valence-corrected chi connectivity index (χ3v) is 3.22. The predicted octanol–water partition coefficient (Wildman–Crippen LogP) is 1.30. The number of hydrogen-bond donors (Lipinski definition) is 2. The molecule has 0 aliphatic carbocycles. The number of aromatic hydroxyl groups is 1. The Hall–Kier alpha value is -2.04. The van der Waals surface area contributed by atoms with E-state index in [9.17, 15) is 5.11 Å². The molecule has 0 saturated carbocycles. The van der Waals surface area contributed by atoms with Gasteiger partial charge in [-0.05, 0) is 24.1 Å². The molecular formula is C12H14N4O. The fourth-order valence-corrected chi connectivity index (χ4v) is 2.38. The fourth-order valence-electron chi connectivity index (χ4n) is 2.38. The van der Waals surface area contributed by atoms with Crippen LogP contribution in [0.1, 0.15) is 23.7 Å². The van der Waals surface area contributed by atoms with Crippen LogP contribution in [0.4, 0.5) is 5.95 Å². The molecule has 1 aliphatic heterocycles. The molecule has 1 aliphatic rings. The second-order valence-electron chi connectivity index (χ2n) is 4.40. The largest absolute Gasteiger partial charge is 0.508 e. The summed E-state index contributed by atoms with van der Waals surface area (Å²) in [6.07, 6.45) is 1.89. The molecule has 3 N–H and O–H groups in total. The van der Waals surface area contributed by atoms with Gasteiger partial charge in [-0.3, -0.25) is 0 Å². The van der Waals surface area contributed by atoms with Crippen molar-refractivity contribution in [2.75, 3.05) is 5.73 Å². The first-order valence-corrected chi connectivity index (χ1v) is 5.70. The zero-order valence-electron chi connectivity index (χ0n) is 9.37. The smallest absolute Gasteiger partial charge is 0.239 e. The minimum Gasteiger partial charge on any atom is -0.508 e. The molecule has 0 amide bonds. The topological polar surface area (TPSA) is 77.0 Å². The molecule has 5 nitrogen and oxygen atoms in total. The first-order valence-electron chi connectivity index (χ1n) is 5.70. The predicted molar refractivity (Wildman–Crippen MR) is 63.6 cm³/mol. The van der Waals surface area contributed by atoms with Crippen LogP contribution in [0.2, 0.25) is 0 Å². The maximum absolute atomic E-state index is 9.49. The quantitative estimate of drug-likeness (QED) is 0.774. The van der Waals surface area contributed by atoms with Crippen molar-refractivity contribution in [1.82, 2.24) is 14.8 Å². The van der Waals surface area contributed by atoms with Gasteiger partial charge in [-0.15, -0.1) is 5.10 Å². The van der Waals surface area contributed by atoms with Crippen LogP contribution in [0.25, 0.3) is 0 Å². The summed E-state index contributed by atoms with van der Waals surface area (Å²) >= 11 is 0. The molecule has 2 heterocycles. The number of aromatic nitrogens is 3. The Labute approximate surface area is 98.9 Å². The highest BCUT2D eigenvalue weighted by Crippen LogP contribution is 2.29. The number of nitrogens with two attached hydrogens (primary N) is 1. The molecule has 5 heteroatoms. The van der Waals surface area contributed by atoms with E-state index in [0.717, 1.165) is 30.8 Å². The van der Waals surface area contributed by atoms with E-state index in [1.807, 2.05) is 22.9 Å². The van der Waals surface area contributed by atoms with Crippen molar-refractivity contribution in [3.63, 3.8) is 0 Å². The van der Waals surface area contributed by atoms with E-state index >= 15 is 0 Å². The second-order valence-corrected chi connectivity index (χ2v) is 4.40. The number of nitrogen functional groups attached to an aromatic ring is 1. The van der Waals surface area contributed by atoms with Crippen LogP contribution < -0.4 is 5.73 Å². The highest BCUT2D eigenvalue weighted by atomic mass is 16.3. The number of fused-ring (bicyclic) bond motifs is 1. The third kappa shape index (κ3) is 1.84. The summed E-state index contributed by atoms with van der Waals surface area (Å²) in [5.41, 5.74) is 6.73. The molecule has 0 bridgehead atoms. The Bertz CT molecular complexity index is 549. The number of anilines is 1. The van der Waals surface area contributed by atoms with Crippen molar-refractivity contribution in [3.8, 4) is 5.75 Å². The number of aryl methyl sites for hydroxylation is 1. The minimum atomic E-state index is 0.311. The fraction of sp³-hybridized carbons (Fsp3) is 0.333. The van der Waals surface area contributed by atoms with Gasteiger partial charge in [0.1, 0.15) is 11.6 Å². The molecule has 2 aromatic rings. The zero-order chi connectivity index (χ0) is 11.8. The van der Waals surface area contributed by atoms with Crippen LogP contribution in [-0.4, -0.2) is 19.9 Å². The van der Waals surface area contributed by atoms with Gasteiger partial charge in [-0.1, -0.05) is 12.1 Å². The Morgan fingerprint density at radius 2 is 2.29 bits per heavy atom. The van der Waals surface area contributed by atoms with Crippen LogP contribution in [-0.2, 0) is 13.0 Å².